The quantitative estimate of drug-likeness (QED) is 0.793. The molecule has 2 rings (SSSR count). The van der Waals surface area contributed by atoms with Crippen LogP contribution in [0, 0.1) is 0 Å². The summed E-state index contributed by atoms with van der Waals surface area (Å²) in [6, 6.07) is 7.78. The topological polar surface area (TPSA) is 89.5 Å². The molecule has 8 heteroatoms. The van der Waals surface area contributed by atoms with Gasteiger partial charge in [-0.05, 0) is 29.1 Å². The predicted molar refractivity (Wildman–Crippen MR) is 92.2 cm³/mol. The van der Waals surface area contributed by atoms with Gasteiger partial charge in [0.1, 0.15) is 5.00 Å². The van der Waals surface area contributed by atoms with E-state index in [1.165, 1.54) is 30.6 Å². The fourth-order valence-corrected chi connectivity index (χ4v) is 3.69. The molecule has 0 bridgehead atoms. The van der Waals surface area contributed by atoms with Crippen LogP contribution in [0.5, 0.6) is 0 Å². The van der Waals surface area contributed by atoms with Crippen LogP contribution in [0.4, 0.5) is 5.00 Å². The maximum Gasteiger partial charge on any atom is 0.340 e. The zero-order chi connectivity index (χ0) is 17.7. The van der Waals surface area contributed by atoms with Crippen molar-refractivity contribution in [2.75, 3.05) is 18.2 Å². The van der Waals surface area contributed by atoms with Gasteiger partial charge in [0.2, 0.25) is 5.91 Å². The number of rotatable bonds is 6. The van der Waals surface area contributed by atoms with Crippen LogP contribution in [0.3, 0.4) is 0 Å². The fourth-order valence-electron chi connectivity index (χ4n) is 2.01. The average Bonchev–Trinajstić information content (AvgIpc) is 3.02. The molecular weight excluding hydrogens is 350 g/mol. The number of sulfone groups is 1. The molecule has 1 aromatic heterocycles. The lowest BCUT2D eigenvalue weighted by molar-refractivity contribution is -0.115. The second kappa shape index (κ2) is 7.59. The van der Waals surface area contributed by atoms with Gasteiger partial charge in [0.15, 0.2) is 9.84 Å². The Kier molecular flexibility index (Phi) is 5.74. The van der Waals surface area contributed by atoms with Crippen LogP contribution >= 0.6 is 11.3 Å². The summed E-state index contributed by atoms with van der Waals surface area (Å²) in [5, 5.41) is 4.79. The third-order valence-electron chi connectivity index (χ3n) is 3.35. The Morgan fingerprint density at radius 1 is 1.17 bits per heavy atom. The van der Waals surface area contributed by atoms with Crippen molar-refractivity contribution in [1.82, 2.24) is 0 Å². The summed E-state index contributed by atoms with van der Waals surface area (Å²) in [5.74, 6) is -0.781. The molecule has 0 aliphatic rings. The van der Waals surface area contributed by atoms with E-state index < -0.39 is 15.8 Å². The van der Waals surface area contributed by atoms with Crippen LogP contribution in [0.15, 0.2) is 40.6 Å². The number of carbonyl (C=O) groups is 2. The number of amides is 1. The standard InChI is InChI=1S/C16H17NO5S2/c1-3-24(20,21)12-6-4-11(5-7-12)10-14(18)17-15-13(8-9-23-15)16(19)22-2/h4-9H,3,10H2,1-2H3,(H,17,18). The highest BCUT2D eigenvalue weighted by Crippen LogP contribution is 2.24. The SMILES string of the molecule is CCS(=O)(=O)c1ccc(CC(=O)Nc2sccc2C(=O)OC)cc1. The van der Waals surface area contributed by atoms with E-state index in [0.717, 1.165) is 0 Å². The second-order valence-electron chi connectivity index (χ2n) is 4.93. The van der Waals surface area contributed by atoms with Crippen LogP contribution in [0.2, 0.25) is 0 Å². The van der Waals surface area contributed by atoms with Crippen LogP contribution in [0.25, 0.3) is 0 Å². The third kappa shape index (κ3) is 4.21. The Balaban J connectivity index is 2.06. The lowest BCUT2D eigenvalue weighted by atomic mass is 10.1. The third-order valence-corrected chi connectivity index (χ3v) is 5.93. The molecular formula is C16H17NO5S2. The molecule has 2 aromatic rings. The first kappa shape index (κ1) is 18.2. The number of ether oxygens (including phenoxy) is 1. The maximum atomic E-state index is 12.1. The Hall–Kier alpha value is -2.19. The van der Waals surface area contributed by atoms with Gasteiger partial charge >= 0.3 is 5.97 Å². The molecule has 0 fully saturated rings. The second-order valence-corrected chi connectivity index (χ2v) is 8.12. The molecule has 0 saturated heterocycles. The summed E-state index contributed by atoms with van der Waals surface area (Å²) in [6.07, 6.45) is 0.0744. The van der Waals surface area contributed by atoms with Gasteiger partial charge in [-0.25, -0.2) is 13.2 Å². The lowest BCUT2D eigenvalue weighted by Gasteiger charge is -2.06. The summed E-state index contributed by atoms with van der Waals surface area (Å²) in [5.41, 5.74) is 0.985. The minimum atomic E-state index is -3.25. The summed E-state index contributed by atoms with van der Waals surface area (Å²) >= 11 is 1.23. The molecule has 0 unspecified atom stereocenters. The van der Waals surface area contributed by atoms with Gasteiger partial charge in [0.05, 0.1) is 29.7 Å². The number of thiophene rings is 1. The molecule has 0 spiro atoms. The van der Waals surface area contributed by atoms with Gasteiger partial charge in [-0.3, -0.25) is 4.79 Å². The molecule has 0 radical (unpaired) electrons. The predicted octanol–water partition coefficient (Wildman–Crippen LogP) is 2.51. The van der Waals surface area contributed by atoms with Crippen LogP contribution in [-0.4, -0.2) is 33.2 Å². The van der Waals surface area contributed by atoms with E-state index in [9.17, 15) is 18.0 Å². The average molecular weight is 367 g/mol. The van der Waals surface area contributed by atoms with Gasteiger partial charge in [0, 0.05) is 0 Å². The zero-order valence-electron chi connectivity index (χ0n) is 13.2. The smallest absolute Gasteiger partial charge is 0.340 e. The largest absolute Gasteiger partial charge is 0.465 e. The number of hydrogen-bond donors (Lipinski definition) is 1. The van der Waals surface area contributed by atoms with E-state index >= 15 is 0 Å². The molecule has 24 heavy (non-hydrogen) atoms. The molecule has 1 aromatic carbocycles. The van der Waals surface area contributed by atoms with Gasteiger partial charge in [-0.1, -0.05) is 19.1 Å². The molecule has 1 heterocycles. The Morgan fingerprint density at radius 3 is 2.42 bits per heavy atom. The zero-order valence-corrected chi connectivity index (χ0v) is 14.9. The summed E-state index contributed by atoms with van der Waals surface area (Å²) in [4.78, 5) is 23.9. The molecule has 0 saturated carbocycles. The lowest BCUT2D eigenvalue weighted by Crippen LogP contribution is -2.16. The van der Waals surface area contributed by atoms with E-state index in [4.69, 9.17) is 0 Å². The number of carbonyl (C=O) groups excluding carboxylic acids is 2. The fraction of sp³-hybridized carbons (Fsp3) is 0.250. The molecule has 0 aliphatic heterocycles. The Morgan fingerprint density at radius 2 is 1.83 bits per heavy atom. The number of benzene rings is 1. The maximum absolute atomic E-state index is 12.1. The van der Waals surface area contributed by atoms with Crippen molar-refractivity contribution in [3.05, 3.63) is 46.8 Å². The van der Waals surface area contributed by atoms with E-state index in [-0.39, 0.29) is 23.0 Å². The number of methoxy groups -OCH3 is 1. The summed E-state index contributed by atoms with van der Waals surface area (Å²) in [7, 11) is -1.98. The van der Waals surface area contributed by atoms with Crippen LogP contribution < -0.4 is 5.32 Å². The highest BCUT2D eigenvalue weighted by molar-refractivity contribution is 7.91. The molecule has 1 amide bonds. The Bertz CT molecular complexity index is 838. The normalized spacial score (nSPS) is 11.1. The first-order valence-electron chi connectivity index (χ1n) is 7.14. The van der Waals surface area contributed by atoms with Crippen molar-refractivity contribution >= 4 is 38.1 Å². The molecule has 0 atom stereocenters. The monoisotopic (exact) mass is 367 g/mol. The van der Waals surface area contributed by atoms with E-state index in [1.807, 2.05) is 0 Å². The first-order valence-corrected chi connectivity index (χ1v) is 9.68. The summed E-state index contributed by atoms with van der Waals surface area (Å²) in [6.45, 7) is 1.58. The highest BCUT2D eigenvalue weighted by atomic mass is 32.2. The van der Waals surface area contributed by atoms with Crippen molar-refractivity contribution in [1.29, 1.82) is 0 Å². The van der Waals surface area contributed by atoms with Crippen molar-refractivity contribution < 1.29 is 22.7 Å². The van der Waals surface area contributed by atoms with E-state index in [1.54, 1.807) is 30.5 Å². The minimum absolute atomic E-state index is 0.0293. The van der Waals surface area contributed by atoms with Crippen molar-refractivity contribution in [3.8, 4) is 0 Å². The number of anilines is 1. The number of hydrogen-bond acceptors (Lipinski definition) is 6. The van der Waals surface area contributed by atoms with E-state index in [2.05, 4.69) is 10.1 Å². The summed E-state index contributed by atoms with van der Waals surface area (Å²) < 4.78 is 28.2. The van der Waals surface area contributed by atoms with Gasteiger partial charge in [-0.15, -0.1) is 11.3 Å². The van der Waals surface area contributed by atoms with Crippen LogP contribution in [0.1, 0.15) is 22.8 Å². The van der Waals surface area contributed by atoms with Gasteiger partial charge in [0.25, 0.3) is 0 Å². The molecule has 128 valence electrons. The molecule has 0 aliphatic carbocycles. The Labute approximate surface area is 144 Å². The minimum Gasteiger partial charge on any atom is -0.465 e. The first-order chi connectivity index (χ1) is 11.4. The highest BCUT2D eigenvalue weighted by Gasteiger charge is 2.16. The van der Waals surface area contributed by atoms with Crippen molar-refractivity contribution in [2.45, 2.75) is 18.2 Å². The number of nitrogens with one attached hydrogen (secondary N) is 1. The van der Waals surface area contributed by atoms with Gasteiger partial charge in [-0.2, -0.15) is 0 Å². The van der Waals surface area contributed by atoms with Crippen molar-refractivity contribution in [2.24, 2.45) is 0 Å². The molecule has 6 nitrogen and oxygen atoms in total. The number of esters is 1. The van der Waals surface area contributed by atoms with Crippen molar-refractivity contribution in [3.63, 3.8) is 0 Å². The van der Waals surface area contributed by atoms with E-state index in [0.29, 0.717) is 16.1 Å². The molecule has 1 N–H and O–H groups in total. The van der Waals surface area contributed by atoms with Gasteiger partial charge < -0.3 is 10.1 Å². The van der Waals surface area contributed by atoms with Crippen LogP contribution in [-0.2, 0) is 25.8 Å².